The van der Waals surface area contributed by atoms with Crippen LogP contribution in [0.2, 0.25) is 5.02 Å². The van der Waals surface area contributed by atoms with Gasteiger partial charge in [0.2, 0.25) is 5.91 Å². The molecule has 142 valence electrons. The fourth-order valence-electron chi connectivity index (χ4n) is 3.34. The molecule has 0 aliphatic heterocycles. The number of amides is 2. The molecule has 5 nitrogen and oxygen atoms in total. The summed E-state index contributed by atoms with van der Waals surface area (Å²) in [6, 6.07) is 14.5. The summed E-state index contributed by atoms with van der Waals surface area (Å²) >= 11 is 5.95. The van der Waals surface area contributed by atoms with Crippen LogP contribution >= 0.6 is 11.6 Å². The van der Waals surface area contributed by atoms with Crippen molar-refractivity contribution in [3.63, 3.8) is 0 Å². The predicted octanol–water partition coefficient (Wildman–Crippen LogP) is 3.52. The molecule has 0 atom stereocenters. The average Bonchev–Trinajstić information content (AvgIpc) is 2.65. The van der Waals surface area contributed by atoms with Gasteiger partial charge >= 0.3 is 0 Å². The molecule has 1 saturated carbocycles. The van der Waals surface area contributed by atoms with Crippen molar-refractivity contribution in [2.75, 3.05) is 5.32 Å². The Balaban J connectivity index is 1.63. The number of hydrogen-bond donors (Lipinski definition) is 3. The molecule has 0 unspecified atom stereocenters. The van der Waals surface area contributed by atoms with Gasteiger partial charge in [-0.05, 0) is 55.5 Å². The maximum absolute atomic E-state index is 12.5. The summed E-state index contributed by atoms with van der Waals surface area (Å²) in [5.74, 6) is -0.299. The summed E-state index contributed by atoms with van der Waals surface area (Å²) in [5.41, 5.74) is 7.79. The summed E-state index contributed by atoms with van der Waals surface area (Å²) in [4.78, 5) is 24.9. The number of benzene rings is 2. The van der Waals surface area contributed by atoms with Crippen molar-refractivity contribution in [2.45, 2.75) is 44.2 Å². The van der Waals surface area contributed by atoms with E-state index < -0.39 is 0 Å². The van der Waals surface area contributed by atoms with Crippen LogP contribution in [0.3, 0.4) is 0 Å². The third kappa shape index (κ3) is 5.55. The topological polar surface area (TPSA) is 84.2 Å². The van der Waals surface area contributed by atoms with Gasteiger partial charge in [0.15, 0.2) is 0 Å². The third-order valence-corrected chi connectivity index (χ3v) is 5.08. The van der Waals surface area contributed by atoms with E-state index in [1.54, 1.807) is 30.3 Å². The van der Waals surface area contributed by atoms with Gasteiger partial charge in [0.05, 0.1) is 6.42 Å². The Bertz CT molecular complexity index is 817. The Morgan fingerprint density at radius 1 is 1.04 bits per heavy atom. The third-order valence-electron chi connectivity index (χ3n) is 4.84. The van der Waals surface area contributed by atoms with Gasteiger partial charge in [-0.15, -0.1) is 0 Å². The van der Waals surface area contributed by atoms with Crippen molar-refractivity contribution in [1.29, 1.82) is 0 Å². The fourth-order valence-corrected chi connectivity index (χ4v) is 3.53. The maximum Gasteiger partial charge on any atom is 0.255 e. The minimum atomic E-state index is -0.258. The predicted molar refractivity (Wildman–Crippen MR) is 108 cm³/mol. The number of carbonyl (C=O) groups is 2. The van der Waals surface area contributed by atoms with Crippen molar-refractivity contribution < 1.29 is 9.59 Å². The van der Waals surface area contributed by atoms with Crippen LogP contribution in [0.4, 0.5) is 5.69 Å². The lowest BCUT2D eigenvalue weighted by Crippen LogP contribution is -2.41. The second kappa shape index (κ2) is 9.02. The van der Waals surface area contributed by atoms with E-state index in [4.69, 9.17) is 17.3 Å². The SMILES string of the molecule is NC1CCC(NC(=O)Cc2ccccc2NC(=O)c2cccc(Cl)c2)CC1. The van der Waals surface area contributed by atoms with Crippen molar-refractivity contribution in [3.8, 4) is 0 Å². The summed E-state index contributed by atoms with van der Waals surface area (Å²) in [7, 11) is 0. The molecule has 27 heavy (non-hydrogen) atoms. The van der Waals surface area contributed by atoms with Gasteiger partial charge in [0.25, 0.3) is 5.91 Å². The lowest BCUT2D eigenvalue weighted by molar-refractivity contribution is -0.121. The molecule has 2 amide bonds. The molecule has 0 radical (unpaired) electrons. The molecule has 2 aromatic rings. The highest BCUT2D eigenvalue weighted by atomic mass is 35.5. The molecule has 0 spiro atoms. The normalized spacial score (nSPS) is 19.3. The summed E-state index contributed by atoms with van der Waals surface area (Å²) in [6.07, 6.45) is 3.93. The van der Waals surface area contributed by atoms with Crippen molar-refractivity contribution >= 4 is 29.1 Å². The van der Waals surface area contributed by atoms with Crippen LogP contribution in [0.1, 0.15) is 41.6 Å². The van der Waals surface area contributed by atoms with Gasteiger partial charge in [-0.1, -0.05) is 35.9 Å². The number of para-hydroxylation sites is 1. The minimum Gasteiger partial charge on any atom is -0.353 e. The molecule has 6 heteroatoms. The molecule has 0 heterocycles. The highest BCUT2D eigenvalue weighted by molar-refractivity contribution is 6.31. The smallest absolute Gasteiger partial charge is 0.255 e. The number of carbonyl (C=O) groups excluding carboxylic acids is 2. The summed E-state index contributed by atoms with van der Waals surface area (Å²) in [6.45, 7) is 0. The quantitative estimate of drug-likeness (QED) is 0.736. The lowest BCUT2D eigenvalue weighted by Gasteiger charge is -2.27. The molecule has 1 aliphatic rings. The first kappa shape index (κ1) is 19.4. The monoisotopic (exact) mass is 385 g/mol. The van der Waals surface area contributed by atoms with Crippen molar-refractivity contribution in [2.24, 2.45) is 5.73 Å². The highest BCUT2D eigenvalue weighted by Crippen LogP contribution is 2.20. The second-order valence-electron chi connectivity index (χ2n) is 6.98. The molecular formula is C21H24ClN3O2. The fraction of sp³-hybridized carbons (Fsp3) is 0.333. The summed E-state index contributed by atoms with van der Waals surface area (Å²) < 4.78 is 0. The molecule has 1 fully saturated rings. The van der Waals surface area contributed by atoms with Gasteiger partial charge in [-0.25, -0.2) is 0 Å². The lowest BCUT2D eigenvalue weighted by atomic mass is 9.91. The zero-order valence-corrected chi connectivity index (χ0v) is 15.8. The number of halogens is 1. The van der Waals surface area contributed by atoms with E-state index in [1.807, 2.05) is 18.2 Å². The van der Waals surface area contributed by atoms with E-state index in [0.717, 1.165) is 31.2 Å². The number of anilines is 1. The van der Waals surface area contributed by atoms with E-state index >= 15 is 0 Å². The largest absolute Gasteiger partial charge is 0.353 e. The van der Waals surface area contributed by atoms with Crippen LogP contribution in [0, 0.1) is 0 Å². The van der Waals surface area contributed by atoms with Crippen LogP contribution in [0.5, 0.6) is 0 Å². The molecule has 0 saturated heterocycles. The van der Waals surface area contributed by atoms with Crippen LogP contribution in [-0.2, 0) is 11.2 Å². The van der Waals surface area contributed by atoms with Gasteiger partial charge in [-0.3, -0.25) is 9.59 Å². The van der Waals surface area contributed by atoms with Crippen LogP contribution in [0.25, 0.3) is 0 Å². The van der Waals surface area contributed by atoms with Gasteiger partial charge in [-0.2, -0.15) is 0 Å². The number of hydrogen-bond acceptors (Lipinski definition) is 3. The summed E-state index contributed by atoms with van der Waals surface area (Å²) in [5, 5.41) is 6.46. The number of nitrogens with one attached hydrogen (secondary N) is 2. The average molecular weight is 386 g/mol. The van der Waals surface area contributed by atoms with Crippen LogP contribution < -0.4 is 16.4 Å². The van der Waals surface area contributed by atoms with E-state index in [1.165, 1.54) is 0 Å². The molecule has 4 N–H and O–H groups in total. The van der Waals surface area contributed by atoms with Crippen LogP contribution in [-0.4, -0.2) is 23.9 Å². The molecule has 0 bridgehead atoms. The van der Waals surface area contributed by atoms with E-state index in [0.29, 0.717) is 16.3 Å². The Morgan fingerprint density at radius 2 is 1.78 bits per heavy atom. The van der Waals surface area contributed by atoms with Crippen molar-refractivity contribution in [1.82, 2.24) is 5.32 Å². The zero-order valence-electron chi connectivity index (χ0n) is 15.1. The molecule has 3 rings (SSSR count). The molecule has 2 aromatic carbocycles. The minimum absolute atomic E-state index is 0.0417. The first-order valence-corrected chi connectivity index (χ1v) is 9.59. The standard InChI is InChI=1S/C21H24ClN3O2/c22-16-6-3-5-15(12-16)21(27)25-19-7-2-1-4-14(19)13-20(26)24-18-10-8-17(23)9-11-18/h1-7,12,17-18H,8-11,13,23H2,(H,24,26)(H,25,27). The Hall–Kier alpha value is -2.37. The van der Waals surface area contributed by atoms with Gasteiger partial charge in [0, 0.05) is 28.4 Å². The highest BCUT2D eigenvalue weighted by Gasteiger charge is 2.20. The molecule has 1 aliphatic carbocycles. The number of rotatable bonds is 5. The van der Waals surface area contributed by atoms with E-state index in [2.05, 4.69) is 10.6 Å². The first-order valence-electron chi connectivity index (χ1n) is 9.21. The maximum atomic E-state index is 12.5. The molecule has 0 aromatic heterocycles. The second-order valence-corrected chi connectivity index (χ2v) is 7.41. The Morgan fingerprint density at radius 3 is 2.52 bits per heavy atom. The first-order chi connectivity index (χ1) is 13.0. The van der Waals surface area contributed by atoms with E-state index in [-0.39, 0.29) is 30.3 Å². The van der Waals surface area contributed by atoms with Crippen LogP contribution in [0.15, 0.2) is 48.5 Å². The van der Waals surface area contributed by atoms with Gasteiger partial charge < -0.3 is 16.4 Å². The van der Waals surface area contributed by atoms with E-state index in [9.17, 15) is 9.59 Å². The van der Waals surface area contributed by atoms with Crippen molar-refractivity contribution in [3.05, 3.63) is 64.7 Å². The molecular weight excluding hydrogens is 362 g/mol. The zero-order chi connectivity index (χ0) is 19.2. The van der Waals surface area contributed by atoms with Gasteiger partial charge in [0.1, 0.15) is 0 Å². The Labute approximate surface area is 164 Å². The Kier molecular flexibility index (Phi) is 6.48. The number of nitrogens with two attached hydrogens (primary N) is 1.